The molecule has 1 atom stereocenters. The first-order valence-corrected chi connectivity index (χ1v) is 5.70. The van der Waals surface area contributed by atoms with Crippen molar-refractivity contribution in [3.63, 3.8) is 0 Å². The molecule has 1 unspecified atom stereocenters. The van der Waals surface area contributed by atoms with E-state index >= 15 is 0 Å². The summed E-state index contributed by atoms with van der Waals surface area (Å²) in [5.41, 5.74) is 0.940. The molecule has 2 nitrogen and oxygen atoms in total. The fraction of sp³-hybridized carbons (Fsp3) is 0.500. The number of hydrogen-bond acceptors (Lipinski definition) is 2. The second-order valence-electron chi connectivity index (χ2n) is 5.04. The Labute approximate surface area is 96.9 Å². The maximum absolute atomic E-state index is 9.34. The summed E-state index contributed by atoms with van der Waals surface area (Å²) in [5, 5.41) is 9.34. The van der Waals surface area contributed by atoms with Crippen molar-refractivity contribution in [2.24, 2.45) is 5.41 Å². The van der Waals surface area contributed by atoms with Gasteiger partial charge in [-0.3, -0.25) is 0 Å². The highest BCUT2D eigenvalue weighted by Crippen LogP contribution is 2.63. The van der Waals surface area contributed by atoms with Crippen LogP contribution in [-0.2, 0) is 5.41 Å². The highest BCUT2D eigenvalue weighted by Gasteiger charge is 2.62. The fourth-order valence-electron chi connectivity index (χ4n) is 2.37. The lowest BCUT2D eigenvalue weighted by Gasteiger charge is -2.13. The Kier molecular flexibility index (Phi) is 2.42. The molecule has 0 bridgehead atoms. The highest BCUT2D eigenvalue weighted by atomic mass is 16.5. The second kappa shape index (κ2) is 3.52. The van der Waals surface area contributed by atoms with Crippen LogP contribution in [0.15, 0.2) is 24.3 Å². The Balaban J connectivity index is 2.27. The molecule has 2 heteroatoms. The first-order chi connectivity index (χ1) is 7.55. The molecule has 0 heterocycles. The van der Waals surface area contributed by atoms with Crippen LogP contribution in [0.1, 0.15) is 32.8 Å². The van der Waals surface area contributed by atoms with E-state index in [9.17, 15) is 5.26 Å². The van der Waals surface area contributed by atoms with Gasteiger partial charge in [0.15, 0.2) is 0 Å². The van der Waals surface area contributed by atoms with E-state index in [1.807, 2.05) is 31.2 Å². The van der Waals surface area contributed by atoms with Crippen LogP contribution < -0.4 is 4.74 Å². The Bertz CT molecular complexity index is 427. The Morgan fingerprint density at radius 3 is 2.25 bits per heavy atom. The van der Waals surface area contributed by atoms with Crippen LogP contribution in [0.4, 0.5) is 0 Å². The maximum atomic E-state index is 9.34. The molecule has 0 spiro atoms. The molecular formula is C14H17NO. The largest absolute Gasteiger partial charge is 0.494 e. The van der Waals surface area contributed by atoms with E-state index in [-0.39, 0.29) is 10.8 Å². The summed E-state index contributed by atoms with van der Waals surface area (Å²) in [6, 6.07) is 10.4. The lowest BCUT2D eigenvalue weighted by molar-refractivity contribution is 0.340. The van der Waals surface area contributed by atoms with Crippen molar-refractivity contribution in [3.05, 3.63) is 29.8 Å². The van der Waals surface area contributed by atoms with Gasteiger partial charge >= 0.3 is 0 Å². The van der Waals surface area contributed by atoms with Crippen molar-refractivity contribution in [1.82, 2.24) is 0 Å². The normalized spacial score (nSPS) is 25.9. The Hall–Kier alpha value is -1.49. The van der Waals surface area contributed by atoms with Crippen molar-refractivity contribution in [2.75, 3.05) is 6.61 Å². The third-order valence-corrected chi connectivity index (χ3v) is 3.59. The first-order valence-electron chi connectivity index (χ1n) is 5.70. The van der Waals surface area contributed by atoms with Crippen molar-refractivity contribution in [2.45, 2.75) is 32.6 Å². The molecule has 1 aliphatic rings. The van der Waals surface area contributed by atoms with Gasteiger partial charge in [-0.05, 0) is 36.5 Å². The molecule has 0 N–H and O–H groups in total. The number of rotatable bonds is 3. The highest BCUT2D eigenvalue weighted by molar-refractivity contribution is 5.46. The van der Waals surface area contributed by atoms with Gasteiger partial charge in [-0.25, -0.2) is 0 Å². The number of nitriles is 1. The predicted octanol–water partition coefficient (Wildman–Crippen LogP) is 3.28. The number of nitrogens with zero attached hydrogens (tertiary/aromatic N) is 1. The minimum absolute atomic E-state index is 0.106. The third kappa shape index (κ3) is 1.48. The van der Waals surface area contributed by atoms with Gasteiger partial charge in [0.2, 0.25) is 0 Å². The van der Waals surface area contributed by atoms with Gasteiger partial charge in [-0.1, -0.05) is 26.0 Å². The summed E-state index contributed by atoms with van der Waals surface area (Å²) in [4.78, 5) is 0. The zero-order valence-corrected chi connectivity index (χ0v) is 10.1. The summed E-state index contributed by atoms with van der Waals surface area (Å²) < 4.78 is 5.40. The lowest BCUT2D eigenvalue weighted by Crippen LogP contribution is -2.11. The van der Waals surface area contributed by atoms with Crippen molar-refractivity contribution >= 4 is 0 Å². The van der Waals surface area contributed by atoms with Gasteiger partial charge in [0, 0.05) is 0 Å². The standard InChI is InChI=1S/C14H17NO/c1-4-16-12-7-5-11(6-8-12)14(10-15)9-13(14,2)3/h5-8H,4,9H2,1-3H3. The molecule has 0 aromatic heterocycles. The van der Waals surface area contributed by atoms with Crippen LogP contribution in [0, 0.1) is 16.7 Å². The lowest BCUT2D eigenvalue weighted by atomic mass is 9.89. The van der Waals surface area contributed by atoms with E-state index < -0.39 is 0 Å². The molecule has 16 heavy (non-hydrogen) atoms. The van der Waals surface area contributed by atoms with E-state index in [2.05, 4.69) is 19.9 Å². The predicted molar refractivity (Wildman–Crippen MR) is 63.3 cm³/mol. The number of hydrogen-bond donors (Lipinski definition) is 0. The van der Waals surface area contributed by atoms with Crippen LogP contribution in [0.25, 0.3) is 0 Å². The summed E-state index contributed by atoms with van der Waals surface area (Å²) >= 11 is 0. The van der Waals surface area contributed by atoms with E-state index in [1.165, 1.54) is 0 Å². The average Bonchev–Trinajstić information content (AvgIpc) is 2.84. The van der Waals surface area contributed by atoms with Gasteiger partial charge < -0.3 is 4.74 Å². The average molecular weight is 215 g/mol. The quantitative estimate of drug-likeness (QED) is 0.775. The van der Waals surface area contributed by atoms with E-state index in [1.54, 1.807) is 0 Å². The smallest absolute Gasteiger partial charge is 0.119 e. The summed E-state index contributed by atoms with van der Waals surface area (Å²) in [6.07, 6.45) is 0.949. The molecule has 1 saturated carbocycles. The molecule has 0 radical (unpaired) electrons. The van der Waals surface area contributed by atoms with Gasteiger partial charge in [-0.2, -0.15) is 5.26 Å². The van der Waals surface area contributed by atoms with Crippen LogP contribution in [0.2, 0.25) is 0 Å². The monoisotopic (exact) mass is 215 g/mol. The molecule has 1 aliphatic carbocycles. The van der Waals surface area contributed by atoms with Gasteiger partial charge in [0.25, 0.3) is 0 Å². The molecule has 0 amide bonds. The summed E-state index contributed by atoms with van der Waals surface area (Å²) in [6.45, 7) is 6.93. The summed E-state index contributed by atoms with van der Waals surface area (Å²) in [5.74, 6) is 0.873. The number of benzene rings is 1. The fourth-order valence-corrected chi connectivity index (χ4v) is 2.37. The van der Waals surface area contributed by atoms with E-state index in [4.69, 9.17) is 4.74 Å². The molecule has 1 fully saturated rings. The van der Waals surface area contributed by atoms with Crippen LogP contribution in [-0.4, -0.2) is 6.61 Å². The first kappa shape index (κ1) is 11.0. The molecule has 1 aromatic rings. The van der Waals surface area contributed by atoms with Crippen molar-refractivity contribution in [3.8, 4) is 11.8 Å². The topological polar surface area (TPSA) is 33.0 Å². The van der Waals surface area contributed by atoms with Crippen LogP contribution >= 0.6 is 0 Å². The minimum atomic E-state index is -0.280. The van der Waals surface area contributed by atoms with E-state index in [0.29, 0.717) is 6.61 Å². The van der Waals surface area contributed by atoms with Gasteiger partial charge in [0.05, 0.1) is 18.1 Å². The maximum Gasteiger partial charge on any atom is 0.119 e. The third-order valence-electron chi connectivity index (χ3n) is 3.59. The molecule has 2 rings (SSSR count). The minimum Gasteiger partial charge on any atom is -0.494 e. The van der Waals surface area contributed by atoms with Gasteiger partial charge in [0.1, 0.15) is 5.75 Å². The zero-order chi connectivity index (χ0) is 11.8. The molecule has 0 saturated heterocycles. The van der Waals surface area contributed by atoms with Crippen molar-refractivity contribution in [1.29, 1.82) is 5.26 Å². The SMILES string of the molecule is CCOc1ccc(C2(C#N)CC2(C)C)cc1. The van der Waals surface area contributed by atoms with Crippen LogP contribution in [0.5, 0.6) is 5.75 Å². The Morgan fingerprint density at radius 1 is 1.31 bits per heavy atom. The van der Waals surface area contributed by atoms with Crippen molar-refractivity contribution < 1.29 is 4.74 Å². The second-order valence-corrected chi connectivity index (χ2v) is 5.04. The zero-order valence-electron chi connectivity index (χ0n) is 10.1. The van der Waals surface area contributed by atoms with E-state index in [0.717, 1.165) is 17.7 Å². The molecule has 0 aliphatic heterocycles. The number of ether oxygens (including phenoxy) is 1. The molecular weight excluding hydrogens is 198 g/mol. The summed E-state index contributed by atoms with van der Waals surface area (Å²) in [7, 11) is 0. The molecule has 1 aromatic carbocycles. The molecule has 84 valence electrons. The Morgan fingerprint density at radius 2 is 1.88 bits per heavy atom. The van der Waals surface area contributed by atoms with Crippen LogP contribution in [0.3, 0.4) is 0 Å². The van der Waals surface area contributed by atoms with Gasteiger partial charge in [-0.15, -0.1) is 0 Å².